The van der Waals surface area contributed by atoms with Crippen LogP contribution < -0.4 is 10.2 Å². The van der Waals surface area contributed by atoms with Crippen molar-refractivity contribution < 1.29 is 4.79 Å². The van der Waals surface area contributed by atoms with Gasteiger partial charge in [0.2, 0.25) is 5.91 Å². The third-order valence-corrected chi connectivity index (χ3v) is 3.98. The Morgan fingerprint density at radius 3 is 2.57 bits per heavy atom. The summed E-state index contributed by atoms with van der Waals surface area (Å²) in [6, 6.07) is 5.69. The number of amides is 1. The first-order valence-corrected chi connectivity index (χ1v) is 7.87. The van der Waals surface area contributed by atoms with Crippen molar-refractivity contribution in [3.05, 3.63) is 23.2 Å². The van der Waals surface area contributed by atoms with Gasteiger partial charge in [-0.25, -0.2) is 0 Å². The van der Waals surface area contributed by atoms with Gasteiger partial charge in [0.25, 0.3) is 0 Å². The van der Waals surface area contributed by atoms with Crippen LogP contribution in [0.25, 0.3) is 0 Å². The topological polar surface area (TPSA) is 35.6 Å². The number of para-hydroxylation sites is 1. The van der Waals surface area contributed by atoms with Crippen LogP contribution in [0.5, 0.6) is 0 Å². The predicted octanol–water partition coefficient (Wildman–Crippen LogP) is 3.08. The van der Waals surface area contributed by atoms with E-state index in [0.29, 0.717) is 17.4 Å². The summed E-state index contributed by atoms with van der Waals surface area (Å²) in [5.41, 5.74) is 1.77. The Bertz CT molecular complexity index is 496. The minimum absolute atomic E-state index is 0.0441. The van der Waals surface area contributed by atoms with Crippen molar-refractivity contribution in [2.45, 2.75) is 20.3 Å². The van der Waals surface area contributed by atoms with Crippen molar-refractivity contribution in [2.75, 3.05) is 43.4 Å². The molecule has 0 spiro atoms. The van der Waals surface area contributed by atoms with Crippen LogP contribution in [0.3, 0.4) is 0 Å². The second-order valence-corrected chi connectivity index (χ2v) is 6.48. The van der Waals surface area contributed by atoms with Crippen LogP contribution in [0.4, 0.5) is 11.4 Å². The number of carbonyl (C=O) groups excluding carboxylic acids is 1. The fourth-order valence-electron chi connectivity index (χ4n) is 2.54. The maximum Gasteiger partial charge on any atom is 0.224 e. The molecule has 0 aromatic heterocycles. The predicted molar refractivity (Wildman–Crippen MR) is 89.2 cm³/mol. The zero-order chi connectivity index (χ0) is 15.4. The zero-order valence-corrected chi connectivity index (χ0v) is 13.8. The van der Waals surface area contributed by atoms with E-state index in [1.165, 1.54) is 0 Å². The average Bonchev–Trinajstić information content (AvgIpc) is 2.39. The van der Waals surface area contributed by atoms with Crippen molar-refractivity contribution in [1.82, 2.24) is 4.90 Å². The van der Waals surface area contributed by atoms with Gasteiger partial charge in [-0.05, 0) is 25.1 Å². The van der Waals surface area contributed by atoms with Crippen molar-refractivity contribution in [2.24, 2.45) is 5.92 Å². The molecule has 1 saturated heterocycles. The lowest BCUT2D eigenvalue weighted by molar-refractivity contribution is -0.116. The van der Waals surface area contributed by atoms with E-state index in [9.17, 15) is 4.79 Å². The maximum atomic E-state index is 12.0. The first-order valence-electron chi connectivity index (χ1n) is 7.49. The molecule has 0 unspecified atom stereocenters. The van der Waals surface area contributed by atoms with Crippen LogP contribution in [0.1, 0.15) is 20.3 Å². The number of halogens is 1. The lowest BCUT2D eigenvalue weighted by Crippen LogP contribution is -2.44. The molecule has 4 nitrogen and oxygen atoms in total. The molecule has 21 heavy (non-hydrogen) atoms. The Hall–Kier alpha value is -1.26. The highest BCUT2D eigenvalue weighted by atomic mass is 35.5. The van der Waals surface area contributed by atoms with Crippen LogP contribution in [0.15, 0.2) is 18.2 Å². The number of nitrogens with zero attached hydrogens (tertiary/aromatic N) is 2. The molecule has 0 atom stereocenters. The molecule has 1 aromatic carbocycles. The Kier molecular flexibility index (Phi) is 5.48. The van der Waals surface area contributed by atoms with E-state index < -0.39 is 0 Å². The van der Waals surface area contributed by atoms with Gasteiger partial charge in [-0.3, -0.25) is 4.79 Å². The van der Waals surface area contributed by atoms with Gasteiger partial charge in [-0.2, -0.15) is 0 Å². The van der Waals surface area contributed by atoms with E-state index in [4.69, 9.17) is 11.6 Å². The number of hydrogen-bond donors (Lipinski definition) is 1. The summed E-state index contributed by atoms with van der Waals surface area (Å²) >= 11 is 6.38. The van der Waals surface area contributed by atoms with Crippen LogP contribution >= 0.6 is 11.6 Å². The number of carbonyl (C=O) groups is 1. The lowest BCUT2D eigenvalue weighted by atomic mass is 10.1. The summed E-state index contributed by atoms with van der Waals surface area (Å²) in [5, 5.41) is 3.71. The van der Waals surface area contributed by atoms with Gasteiger partial charge in [-0.1, -0.05) is 31.5 Å². The Morgan fingerprint density at radius 2 is 1.95 bits per heavy atom. The molecule has 0 saturated carbocycles. The first kappa shape index (κ1) is 16.1. The third-order valence-electron chi connectivity index (χ3n) is 3.67. The highest BCUT2D eigenvalue weighted by Crippen LogP contribution is 2.34. The number of likely N-dealkylation sites (N-methyl/N-ethyl adjacent to an activating group) is 1. The van der Waals surface area contributed by atoms with Crippen LogP contribution in [0, 0.1) is 5.92 Å². The number of rotatable bonds is 4. The molecule has 1 aliphatic heterocycles. The number of nitrogens with one attached hydrogen (secondary N) is 1. The van der Waals surface area contributed by atoms with Gasteiger partial charge in [0, 0.05) is 32.6 Å². The van der Waals surface area contributed by atoms with Gasteiger partial charge in [0.1, 0.15) is 0 Å². The van der Waals surface area contributed by atoms with Crippen molar-refractivity contribution in [3.63, 3.8) is 0 Å². The molecule has 1 fully saturated rings. The van der Waals surface area contributed by atoms with Gasteiger partial charge in [-0.15, -0.1) is 0 Å². The summed E-state index contributed by atoms with van der Waals surface area (Å²) in [7, 11) is 2.12. The molecule has 1 amide bonds. The standard InChI is InChI=1S/C16H24ClN3O/c1-12(2)11-15(21)18-14-6-4-5-13(17)16(14)20-9-7-19(3)8-10-20/h4-6,12H,7-11H2,1-3H3,(H,18,21). The van der Waals surface area contributed by atoms with Crippen molar-refractivity contribution in [3.8, 4) is 0 Å². The zero-order valence-electron chi connectivity index (χ0n) is 13.0. The van der Waals surface area contributed by atoms with Crippen LogP contribution in [-0.2, 0) is 4.79 Å². The van der Waals surface area contributed by atoms with E-state index in [1.807, 2.05) is 32.0 Å². The normalized spacial score (nSPS) is 16.3. The van der Waals surface area contributed by atoms with E-state index in [2.05, 4.69) is 22.2 Å². The number of hydrogen-bond acceptors (Lipinski definition) is 3. The van der Waals surface area contributed by atoms with Gasteiger partial charge >= 0.3 is 0 Å². The largest absolute Gasteiger partial charge is 0.366 e. The smallest absolute Gasteiger partial charge is 0.224 e. The SMILES string of the molecule is CC(C)CC(=O)Nc1cccc(Cl)c1N1CCN(C)CC1. The summed E-state index contributed by atoms with van der Waals surface area (Å²) in [6.07, 6.45) is 0.523. The highest BCUT2D eigenvalue weighted by Gasteiger charge is 2.20. The van der Waals surface area contributed by atoms with Gasteiger partial charge < -0.3 is 15.1 Å². The summed E-state index contributed by atoms with van der Waals surface area (Å²) < 4.78 is 0. The molecule has 1 heterocycles. The minimum Gasteiger partial charge on any atom is -0.366 e. The molecule has 1 N–H and O–H groups in total. The molecule has 2 rings (SSSR count). The van der Waals surface area contributed by atoms with Gasteiger partial charge in [0.05, 0.1) is 16.4 Å². The highest BCUT2D eigenvalue weighted by molar-refractivity contribution is 6.34. The fourth-order valence-corrected chi connectivity index (χ4v) is 2.83. The lowest BCUT2D eigenvalue weighted by Gasteiger charge is -2.35. The van der Waals surface area contributed by atoms with Gasteiger partial charge in [0.15, 0.2) is 0 Å². The Labute approximate surface area is 132 Å². The molecule has 0 aliphatic carbocycles. The van der Waals surface area contributed by atoms with Crippen molar-refractivity contribution in [1.29, 1.82) is 0 Å². The Balaban J connectivity index is 2.18. The summed E-state index contributed by atoms with van der Waals surface area (Å²) in [5.74, 6) is 0.388. The third kappa shape index (κ3) is 4.35. The number of piperazine rings is 1. The molecular weight excluding hydrogens is 286 g/mol. The fraction of sp³-hybridized carbons (Fsp3) is 0.562. The number of anilines is 2. The molecule has 1 aliphatic rings. The average molecular weight is 310 g/mol. The number of benzene rings is 1. The van der Waals surface area contributed by atoms with E-state index >= 15 is 0 Å². The maximum absolute atomic E-state index is 12.0. The molecule has 0 radical (unpaired) electrons. The molecular formula is C16H24ClN3O. The molecule has 1 aromatic rings. The minimum atomic E-state index is 0.0441. The summed E-state index contributed by atoms with van der Waals surface area (Å²) in [6.45, 7) is 7.94. The Morgan fingerprint density at radius 1 is 1.29 bits per heavy atom. The molecule has 5 heteroatoms. The summed E-state index contributed by atoms with van der Waals surface area (Å²) in [4.78, 5) is 16.6. The van der Waals surface area contributed by atoms with Crippen LogP contribution in [0.2, 0.25) is 5.02 Å². The second-order valence-electron chi connectivity index (χ2n) is 6.07. The van der Waals surface area contributed by atoms with E-state index in [1.54, 1.807) is 0 Å². The first-order chi connectivity index (χ1) is 9.97. The van der Waals surface area contributed by atoms with E-state index in [-0.39, 0.29) is 5.91 Å². The molecule has 0 bridgehead atoms. The quantitative estimate of drug-likeness (QED) is 0.928. The van der Waals surface area contributed by atoms with Crippen molar-refractivity contribution >= 4 is 28.9 Å². The molecule has 116 valence electrons. The van der Waals surface area contributed by atoms with E-state index in [0.717, 1.165) is 37.6 Å². The second kappa shape index (κ2) is 7.14. The van der Waals surface area contributed by atoms with Crippen LogP contribution in [-0.4, -0.2) is 44.0 Å². The monoisotopic (exact) mass is 309 g/mol.